The maximum Gasteiger partial charge on any atom is 0.416 e. The molecule has 0 fully saturated rings. The molecule has 0 spiro atoms. The second-order valence-electron chi connectivity index (χ2n) is 7.27. The number of hydrogen-bond acceptors (Lipinski definition) is 5. The number of halogens is 3. The van der Waals surface area contributed by atoms with Crippen molar-refractivity contribution < 1.29 is 23.0 Å². The summed E-state index contributed by atoms with van der Waals surface area (Å²) >= 11 is 0. The lowest BCUT2D eigenvalue weighted by atomic mass is 9.85. The number of aliphatic hydroxyl groups is 1. The largest absolute Gasteiger partial charge is 0.485 e. The number of nitriles is 2. The van der Waals surface area contributed by atoms with Crippen LogP contribution in [0.4, 0.5) is 13.2 Å². The van der Waals surface area contributed by atoms with Crippen LogP contribution in [-0.2, 0) is 6.18 Å². The lowest BCUT2D eigenvalue weighted by molar-refractivity contribution is -0.137. The molecule has 1 heterocycles. The number of amidine groups is 1. The summed E-state index contributed by atoms with van der Waals surface area (Å²) in [6.07, 6.45) is -3.99. The van der Waals surface area contributed by atoms with Crippen LogP contribution in [0.1, 0.15) is 42.1 Å². The van der Waals surface area contributed by atoms with Gasteiger partial charge in [-0.1, -0.05) is 12.1 Å². The second-order valence-corrected chi connectivity index (χ2v) is 7.27. The molecule has 3 rings (SSSR count). The molecule has 6 nitrogen and oxygen atoms in total. The summed E-state index contributed by atoms with van der Waals surface area (Å²) in [7, 11) is 0. The molecule has 0 aliphatic carbocycles. The van der Waals surface area contributed by atoms with E-state index in [4.69, 9.17) is 10.00 Å². The second kappa shape index (κ2) is 7.69. The van der Waals surface area contributed by atoms with Gasteiger partial charge in [-0.05, 0) is 44.2 Å². The maximum atomic E-state index is 12.8. The van der Waals surface area contributed by atoms with Gasteiger partial charge in [-0.25, -0.2) is 0 Å². The molecule has 1 aliphatic heterocycles. The molecule has 30 heavy (non-hydrogen) atoms. The molecular weight excluding hydrogens is 397 g/mol. The van der Waals surface area contributed by atoms with Crippen LogP contribution in [-0.4, -0.2) is 22.6 Å². The highest BCUT2D eigenvalue weighted by Gasteiger charge is 2.43. The lowest BCUT2D eigenvalue weighted by Gasteiger charge is -2.42. The van der Waals surface area contributed by atoms with Gasteiger partial charge in [0.15, 0.2) is 0 Å². The van der Waals surface area contributed by atoms with Crippen molar-refractivity contribution >= 4 is 5.84 Å². The zero-order valence-electron chi connectivity index (χ0n) is 16.0. The summed E-state index contributed by atoms with van der Waals surface area (Å²) in [5.74, 6) is 0.423. The Morgan fingerprint density at radius 3 is 2.40 bits per heavy atom. The molecule has 1 aliphatic rings. The molecule has 0 amide bonds. The number of fused-ring (bicyclic) bond motifs is 1. The van der Waals surface area contributed by atoms with Gasteiger partial charge < -0.3 is 15.2 Å². The Bertz CT molecular complexity index is 1060. The minimum absolute atomic E-state index is 0.0127. The van der Waals surface area contributed by atoms with E-state index in [1.54, 1.807) is 38.2 Å². The van der Waals surface area contributed by atoms with Crippen molar-refractivity contribution in [1.29, 1.82) is 10.5 Å². The predicted molar refractivity (Wildman–Crippen MR) is 101 cm³/mol. The van der Waals surface area contributed by atoms with Gasteiger partial charge in [-0.2, -0.15) is 28.7 Å². The fraction of sp³-hybridized carbons (Fsp3) is 0.286. The summed E-state index contributed by atoms with van der Waals surface area (Å²) in [6.45, 7) is 3.35. The Morgan fingerprint density at radius 2 is 1.83 bits per heavy atom. The van der Waals surface area contributed by atoms with Gasteiger partial charge in [0.1, 0.15) is 23.3 Å². The van der Waals surface area contributed by atoms with Crippen molar-refractivity contribution in [2.75, 3.05) is 0 Å². The first-order valence-electron chi connectivity index (χ1n) is 8.89. The first-order chi connectivity index (χ1) is 14.1. The van der Waals surface area contributed by atoms with E-state index < -0.39 is 29.5 Å². The van der Waals surface area contributed by atoms with E-state index in [9.17, 15) is 23.5 Å². The van der Waals surface area contributed by atoms with Crippen LogP contribution < -0.4 is 10.1 Å². The summed E-state index contributed by atoms with van der Waals surface area (Å²) in [5.41, 5.74) is -0.808. The SMILES string of the molecule is CC1(C)Oc2ccc(C#N)cc2[C@@H](NC(=NC#N)c2ccc(C(F)(F)F)cc2)[C@@H]1O. The molecule has 154 valence electrons. The Kier molecular flexibility index (Phi) is 5.43. The van der Waals surface area contributed by atoms with Crippen molar-refractivity contribution in [3.63, 3.8) is 0 Å². The number of rotatable bonds is 2. The summed E-state index contributed by atoms with van der Waals surface area (Å²) in [4.78, 5) is 3.69. The highest BCUT2D eigenvalue weighted by molar-refractivity contribution is 5.99. The molecule has 0 radical (unpaired) electrons. The standard InChI is InChI=1S/C21H17F3N4O2/c1-20(2)18(29)17(15-9-12(10-25)3-8-16(15)30-20)28-19(27-11-26)13-4-6-14(7-5-13)21(22,23)24/h3-9,17-18,29H,1-2H3,(H,27,28)/t17-,18+/m1/s1. The van der Waals surface area contributed by atoms with Gasteiger partial charge in [0.05, 0.1) is 23.2 Å². The van der Waals surface area contributed by atoms with E-state index in [0.29, 0.717) is 16.9 Å². The van der Waals surface area contributed by atoms with Crippen molar-refractivity contribution in [1.82, 2.24) is 5.32 Å². The molecule has 0 unspecified atom stereocenters. The van der Waals surface area contributed by atoms with E-state index in [0.717, 1.165) is 12.1 Å². The first-order valence-corrected chi connectivity index (χ1v) is 8.89. The van der Waals surface area contributed by atoms with Crippen LogP contribution in [0.15, 0.2) is 47.5 Å². The maximum absolute atomic E-state index is 12.8. The molecule has 2 atom stereocenters. The van der Waals surface area contributed by atoms with Crippen LogP contribution in [0.25, 0.3) is 0 Å². The fourth-order valence-electron chi connectivity index (χ4n) is 3.22. The minimum atomic E-state index is -4.49. The Hall–Kier alpha value is -3.56. The normalized spacial score (nSPS) is 20.3. The quantitative estimate of drug-likeness (QED) is 0.444. The molecule has 0 saturated carbocycles. The number of hydrogen-bond donors (Lipinski definition) is 2. The Balaban J connectivity index is 2.02. The predicted octanol–water partition coefficient (Wildman–Crippen LogP) is 3.67. The fourth-order valence-corrected chi connectivity index (χ4v) is 3.22. The van der Waals surface area contributed by atoms with Gasteiger partial charge >= 0.3 is 6.18 Å². The molecule has 0 aromatic heterocycles. The monoisotopic (exact) mass is 414 g/mol. The summed E-state index contributed by atoms with van der Waals surface area (Å²) < 4.78 is 44.4. The topological polar surface area (TPSA) is 101 Å². The summed E-state index contributed by atoms with van der Waals surface area (Å²) in [6, 6.07) is 10.1. The van der Waals surface area contributed by atoms with Crippen molar-refractivity contribution in [2.45, 2.75) is 37.8 Å². The molecule has 0 saturated heterocycles. The molecule has 2 aromatic rings. The lowest BCUT2D eigenvalue weighted by Crippen LogP contribution is -2.53. The van der Waals surface area contributed by atoms with Gasteiger partial charge in [0, 0.05) is 11.1 Å². The van der Waals surface area contributed by atoms with Gasteiger partial charge in [0.25, 0.3) is 0 Å². The number of benzene rings is 2. The number of aliphatic imine (C=N–C) groups is 1. The van der Waals surface area contributed by atoms with Crippen LogP contribution >= 0.6 is 0 Å². The minimum Gasteiger partial charge on any atom is -0.485 e. The number of nitrogens with zero attached hydrogens (tertiary/aromatic N) is 3. The van der Waals surface area contributed by atoms with Crippen LogP contribution in [0.3, 0.4) is 0 Å². The number of ether oxygens (including phenoxy) is 1. The molecule has 9 heteroatoms. The smallest absolute Gasteiger partial charge is 0.416 e. The average molecular weight is 414 g/mol. The summed E-state index contributed by atoms with van der Waals surface area (Å²) in [5, 5.41) is 32.1. The zero-order valence-corrected chi connectivity index (χ0v) is 16.0. The third kappa shape index (κ3) is 4.07. The molecule has 2 N–H and O–H groups in total. The number of nitrogens with one attached hydrogen (secondary N) is 1. The number of aliphatic hydroxyl groups excluding tert-OH is 1. The average Bonchev–Trinajstić information content (AvgIpc) is 2.69. The van der Waals surface area contributed by atoms with E-state index in [1.165, 1.54) is 12.1 Å². The van der Waals surface area contributed by atoms with E-state index >= 15 is 0 Å². The van der Waals surface area contributed by atoms with Gasteiger partial charge in [-0.3, -0.25) is 0 Å². The van der Waals surface area contributed by atoms with E-state index in [-0.39, 0.29) is 11.4 Å². The molecule has 0 bridgehead atoms. The first kappa shape index (κ1) is 21.2. The van der Waals surface area contributed by atoms with Crippen molar-refractivity contribution in [3.05, 3.63) is 64.7 Å². The van der Waals surface area contributed by atoms with Gasteiger partial charge in [0.2, 0.25) is 6.19 Å². The molecular formula is C21H17F3N4O2. The Labute approximate surface area is 170 Å². The van der Waals surface area contributed by atoms with E-state index in [1.807, 2.05) is 6.07 Å². The van der Waals surface area contributed by atoms with E-state index in [2.05, 4.69) is 10.3 Å². The van der Waals surface area contributed by atoms with Crippen molar-refractivity contribution in [3.8, 4) is 18.0 Å². The highest BCUT2D eigenvalue weighted by Crippen LogP contribution is 2.40. The van der Waals surface area contributed by atoms with Crippen LogP contribution in [0, 0.1) is 22.8 Å². The third-order valence-corrected chi connectivity index (χ3v) is 4.81. The van der Waals surface area contributed by atoms with Crippen LogP contribution in [0.5, 0.6) is 5.75 Å². The number of alkyl halides is 3. The van der Waals surface area contributed by atoms with Gasteiger partial charge in [-0.15, -0.1) is 0 Å². The zero-order chi connectivity index (χ0) is 22.1. The molecule has 2 aromatic carbocycles. The highest BCUT2D eigenvalue weighted by atomic mass is 19.4. The Morgan fingerprint density at radius 1 is 1.17 bits per heavy atom. The van der Waals surface area contributed by atoms with Crippen molar-refractivity contribution in [2.24, 2.45) is 4.99 Å². The third-order valence-electron chi connectivity index (χ3n) is 4.81. The van der Waals surface area contributed by atoms with Crippen LogP contribution in [0.2, 0.25) is 0 Å².